The summed E-state index contributed by atoms with van der Waals surface area (Å²) in [7, 11) is 1.74. The largest absolute Gasteiger partial charge is 0.441 e. The number of aromatic nitrogens is 1. The number of hydrogen-bond donors (Lipinski definition) is 1. The Hall–Kier alpha value is -1.88. The van der Waals surface area contributed by atoms with E-state index in [0.29, 0.717) is 12.4 Å². The molecule has 0 atom stereocenters. The maximum absolute atomic E-state index is 12.3. The van der Waals surface area contributed by atoms with E-state index >= 15 is 0 Å². The zero-order valence-corrected chi connectivity index (χ0v) is 11.7. The fourth-order valence-electron chi connectivity index (χ4n) is 1.90. The van der Waals surface area contributed by atoms with E-state index in [1.54, 1.807) is 18.9 Å². The lowest BCUT2D eigenvalue weighted by atomic mass is 9.92. The average Bonchev–Trinajstić information content (AvgIpc) is 2.75. The number of anilines is 1. The van der Waals surface area contributed by atoms with Gasteiger partial charge in [0.25, 0.3) is 0 Å². The minimum absolute atomic E-state index is 0.0189. The highest BCUT2D eigenvalue weighted by molar-refractivity contribution is 5.98. The molecule has 0 saturated heterocycles. The zero-order chi connectivity index (χ0) is 14.2. The van der Waals surface area contributed by atoms with Crippen LogP contribution in [0.1, 0.15) is 19.7 Å². The Kier molecular flexibility index (Phi) is 3.32. The Morgan fingerprint density at radius 2 is 2.16 bits per heavy atom. The van der Waals surface area contributed by atoms with Crippen LogP contribution < -0.4 is 10.6 Å². The third kappa shape index (κ3) is 2.46. The normalized spacial score (nSPS) is 11.8. The second-order valence-electron chi connectivity index (χ2n) is 5.34. The van der Waals surface area contributed by atoms with E-state index in [1.807, 2.05) is 32.0 Å². The summed E-state index contributed by atoms with van der Waals surface area (Å²) in [6.45, 7) is 5.78. The maximum Gasteiger partial charge on any atom is 0.233 e. The van der Waals surface area contributed by atoms with Gasteiger partial charge in [0.1, 0.15) is 5.52 Å². The van der Waals surface area contributed by atoms with Gasteiger partial charge in [-0.1, -0.05) is 0 Å². The van der Waals surface area contributed by atoms with E-state index < -0.39 is 5.41 Å². The van der Waals surface area contributed by atoms with Gasteiger partial charge >= 0.3 is 0 Å². The lowest BCUT2D eigenvalue weighted by Gasteiger charge is -2.28. The number of fused-ring (bicyclic) bond motifs is 1. The van der Waals surface area contributed by atoms with Gasteiger partial charge in [-0.2, -0.15) is 0 Å². The van der Waals surface area contributed by atoms with Crippen molar-refractivity contribution in [3.63, 3.8) is 0 Å². The molecule has 0 fully saturated rings. The number of carbonyl (C=O) groups excluding carboxylic acids is 1. The molecule has 0 unspecified atom stereocenters. The van der Waals surface area contributed by atoms with Crippen molar-refractivity contribution < 1.29 is 9.21 Å². The van der Waals surface area contributed by atoms with E-state index in [0.717, 1.165) is 16.8 Å². The van der Waals surface area contributed by atoms with Gasteiger partial charge in [-0.25, -0.2) is 4.98 Å². The Bertz CT molecular complexity index is 616. The Morgan fingerprint density at radius 1 is 1.47 bits per heavy atom. The molecule has 0 aliphatic carbocycles. The van der Waals surface area contributed by atoms with E-state index in [2.05, 4.69) is 4.98 Å². The lowest BCUT2D eigenvalue weighted by Crippen LogP contribution is -2.42. The van der Waals surface area contributed by atoms with Crippen LogP contribution in [0.2, 0.25) is 0 Å². The molecular weight excluding hydrogens is 242 g/mol. The highest BCUT2D eigenvalue weighted by Gasteiger charge is 2.29. The number of carbonyl (C=O) groups is 1. The maximum atomic E-state index is 12.3. The smallest absolute Gasteiger partial charge is 0.233 e. The lowest BCUT2D eigenvalue weighted by molar-refractivity contribution is -0.125. The first-order chi connectivity index (χ1) is 8.85. The summed E-state index contributed by atoms with van der Waals surface area (Å²) in [6.07, 6.45) is 0. The van der Waals surface area contributed by atoms with Gasteiger partial charge < -0.3 is 15.1 Å². The molecule has 2 aromatic rings. The van der Waals surface area contributed by atoms with E-state index in [1.165, 1.54) is 0 Å². The quantitative estimate of drug-likeness (QED) is 0.918. The monoisotopic (exact) mass is 261 g/mol. The molecule has 5 nitrogen and oxygen atoms in total. The Balaban J connectivity index is 2.35. The highest BCUT2D eigenvalue weighted by Crippen LogP contribution is 2.25. The molecule has 1 heterocycles. The topological polar surface area (TPSA) is 72.4 Å². The average molecular weight is 261 g/mol. The molecule has 0 saturated carbocycles. The molecule has 1 amide bonds. The summed E-state index contributed by atoms with van der Waals surface area (Å²) in [4.78, 5) is 18.2. The molecule has 2 N–H and O–H groups in total. The van der Waals surface area contributed by atoms with Crippen molar-refractivity contribution in [1.29, 1.82) is 0 Å². The highest BCUT2D eigenvalue weighted by atomic mass is 16.3. The number of oxazole rings is 1. The summed E-state index contributed by atoms with van der Waals surface area (Å²) in [5.41, 5.74) is 7.32. The third-order valence-corrected chi connectivity index (χ3v) is 3.26. The molecule has 102 valence electrons. The van der Waals surface area contributed by atoms with E-state index in [-0.39, 0.29) is 5.91 Å². The van der Waals surface area contributed by atoms with Gasteiger partial charge in [0, 0.05) is 26.2 Å². The van der Waals surface area contributed by atoms with Crippen LogP contribution in [-0.4, -0.2) is 24.5 Å². The number of nitrogens with two attached hydrogens (primary N) is 1. The first kappa shape index (κ1) is 13.5. The fraction of sp³-hybridized carbons (Fsp3) is 0.429. The van der Waals surface area contributed by atoms with Crippen LogP contribution in [-0.2, 0) is 4.79 Å². The predicted molar refractivity (Wildman–Crippen MR) is 75.0 cm³/mol. The van der Waals surface area contributed by atoms with Crippen LogP contribution in [0.25, 0.3) is 11.1 Å². The SMILES string of the molecule is Cc1nc2cc(N(C)C(=O)C(C)(C)CN)ccc2o1. The molecular formula is C14H19N3O2. The number of amides is 1. The molecule has 0 bridgehead atoms. The fourth-order valence-corrected chi connectivity index (χ4v) is 1.90. The van der Waals surface area contributed by atoms with Crippen molar-refractivity contribution >= 4 is 22.7 Å². The van der Waals surface area contributed by atoms with Gasteiger partial charge in [0.2, 0.25) is 5.91 Å². The minimum atomic E-state index is -0.580. The molecule has 0 aliphatic heterocycles. The molecule has 0 spiro atoms. The van der Waals surface area contributed by atoms with Gasteiger partial charge in [0.05, 0.1) is 5.41 Å². The van der Waals surface area contributed by atoms with Crippen LogP contribution in [0.15, 0.2) is 22.6 Å². The van der Waals surface area contributed by atoms with Crippen molar-refractivity contribution in [1.82, 2.24) is 4.98 Å². The van der Waals surface area contributed by atoms with Crippen molar-refractivity contribution in [2.24, 2.45) is 11.1 Å². The van der Waals surface area contributed by atoms with Crippen LogP contribution in [0.4, 0.5) is 5.69 Å². The van der Waals surface area contributed by atoms with Crippen LogP contribution in [0, 0.1) is 12.3 Å². The van der Waals surface area contributed by atoms with Gasteiger partial charge in [-0.05, 0) is 32.0 Å². The summed E-state index contributed by atoms with van der Waals surface area (Å²) in [5, 5.41) is 0. The molecule has 5 heteroatoms. The number of nitrogens with zero attached hydrogens (tertiary/aromatic N) is 2. The number of hydrogen-bond acceptors (Lipinski definition) is 4. The number of aryl methyl sites for hydroxylation is 1. The number of rotatable bonds is 3. The zero-order valence-electron chi connectivity index (χ0n) is 11.7. The molecule has 1 aromatic heterocycles. The molecule has 0 radical (unpaired) electrons. The van der Waals surface area contributed by atoms with Crippen molar-refractivity contribution in [2.75, 3.05) is 18.5 Å². The van der Waals surface area contributed by atoms with Crippen molar-refractivity contribution in [3.05, 3.63) is 24.1 Å². The summed E-state index contributed by atoms with van der Waals surface area (Å²) < 4.78 is 5.42. The first-order valence-corrected chi connectivity index (χ1v) is 6.20. The van der Waals surface area contributed by atoms with Crippen molar-refractivity contribution in [2.45, 2.75) is 20.8 Å². The molecule has 19 heavy (non-hydrogen) atoms. The van der Waals surface area contributed by atoms with Crippen molar-refractivity contribution in [3.8, 4) is 0 Å². The summed E-state index contributed by atoms with van der Waals surface area (Å²) in [5.74, 6) is 0.595. The molecule has 2 rings (SSSR count). The second-order valence-corrected chi connectivity index (χ2v) is 5.34. The third-order valence-electron chi connectivity index (χ3n) is 3.26. The second kappa shape index (κ2) is 4.66. The van der Waals surface area contributed by atoms with Gasteiger partial charge in [0.15, 0.2) is 11.5 Å². The van der Waals surface area contributed by atoms with Gasteiger partial charge in [-0.15, -0.1) is 0 Å². The minimum Gasteiger partial charge on any atom is -0.441 e. The summed E-state index contributed by atoms with van der Waals surface area (Å²) >= 11 is 0. The number of benzene rings is 1. The standard InChI is InChI=1S/C14H19N3O2/c1-9-16-11-7-10(5-6-12(11)19-9)17(4)13(18)14(2,3)8-15/h5-7H,8,15H2,1-4H3. The van der Waals surface area contributed by atoms with E-state index in [9.17, 15) is 4.79 Å². The van der Waals surface area contributed by atoms with Gasteiger partial charge in [-0.3, -0.25) is 4.79 Å². The Morgan fingerprint density at radius 3 is 2.79 bits per heavy atom. The predicted octanol–water partition coefficient (Wildman–Crippen LogP) is 2.08. The van der Waals surface area contributed by atoms with Crippen LogP contribution in [0.3, 0.4) is 0 Å². The van der Waals surface area contributed by atoms with Crippen LogP contribution in [0.5, 0.6) is 0 Å². The Labute approximate surface area is 112 Å². The summed E-state index contributed by atoms with van der Waals surface area (Å²) in [6, 6.07) is 5.51. The van der Waals surface area contributed by atoms with E-state index in [4.69, 9.17) is 10.2 Å². The molecule has 1 aromatic carbocycles. The first-order valence-electron chi connectivity index (χ1n) is 6.20. The molecule has 0 aliphatic rings. The van der Waals surface area contributed by atoms with Crippen LogP contribution >= 0.6 is 0 Å².